The van der Waals surface area contributed by atoms with Gasteiger partial charge in [-0.25, -0.2) is 4.98 Å². The van der Waals surface area contributed by atoms with Crippen LogP contribution in [0.5, 0.6) is 5.75 Å². The summed E-state index contributed by atoms with van der Waals surface area (Å²) < 4.78 is 5.65. The van der Waals surface area contributed by atoms with E-state index in [2.05, 4.69) is 23.8 Å². The number of aromatic nitrogens is 2. The van der Waals surface area contributed by atoms with E-state index in [1.165, 1.54) is 5.56 Å². The van der Waals surface area contributed by atoms with E-state index in [1.54, 1.807) is 6.92 Å². The van der Waals surface area contributed by atoms with Gasteiger partial charge in [0.2, 0.25) is 0 Å². The van der Waals surface area contributed by atoms with Gasteiger partial charge in [-0.1, -0.05) is 26.0 Å². The quantitative estimate of drug-likeness (QED) is 0.858. The topological polar surface area (TPSA) is 75.2 Å². The zero-order chi connectivity index (χ0) is 16.1. The fraction of sp³-hybridized carbons (Fsp3) is 0.412. The van der Waals surface area contributed by atoms with Crippen LogP contribution in [-0.4, -0.2) is 21.7 Å². The molecule has 1 aromatic heterocycles. The number of aliphatic hydroxyl groups excluding tert-OH is 1. The fourth-order valence-electron chi connectivity index (χ4n) is 2.24. The highest BCUT2D eigenvalue weighted by Gasteiger charge is 2.08. The summed E-state index contributed by atoms with van der Waals surface area (Å²) in [6.07, 6.45) is 0.311. The molecule has 0 aliphatic rings. The number of aromatic amines is 1. The van der Waals surface area contributed by atoms with Crippen LogP contribution in [0.15, 0.2) is 29.1 Å². The minimum atomic E-state index is -0.213. The fourth-order valence-corrected chi connectivity index (χ4v) is 2.24. The van der Waals surface area contributed by atoms with E-state index < -0.39 is 0 Å². The second kappa shape index (κ2) is 7.22. The molecule has 0 amide bonds. The molecule has 5 heteroatoms. The molecular weight excluding hydrogens is 280 g/mol. The van der Waals surface area contributed by atoms with Gasteiger partial charge < -0.3 is 14.8 Å². The first-order chi connectivity index (χ1) is 10.5. The summed E-state index contributed by atoms with van der Waals surface area (Å²) in [5.74, 6) is 1.70. The van der Waals surface area contributed by atoms with Gasteiger partial charge in [0.15, 0.2) is 0 Å². The Kier molecular flexibility index (Phi) is 5.33. The summed E-state index contributed by atoms with van der Waals surface area (Å²) in [6.45, 7) is 6.18. The molecule has 1 heterocycles. The maximum Gasteiger partial charge on any atom is 0.254 e. The van der Waals surface area contributed by atoms with E-state index in [-0.39, 0.29) is 18.8 Å². The molecule has 0 saturated carbocycles. The Bertz CT molecular complexity index is 675. The van der Waals surface area contributed by atoms with Gasteiger partial charge in [-0.15, -0.1) is 0 Å². The minimum absolute atomic E-state index is 0.0658. The predicted molar refractivity (Wildman–Crippen MR) is 85.2 cm³/mol. The van der Waals surface area contributed by atoms with Crippen molar-refractivity contribution in [3.8, 4) is 5.75 Å². The number of rotatable bonds is 6. The first-order valence-electron chi connectivity index (χ1n) is 7.43. The van der Waals surface area contributed by atoms with Crippen molar-refractivity contribution in [2.75, 3.05) is 6.61 Å². The van der Waals surface area contributed by atoms with Crippen molar-refractivity contribution in [2.45, 2.75) is 39.7 Å². The molecule has 2 rings (SSSR count). The largest absolute Gasteiger partial charge is 0.486 e. The highest BCUT2D eigenvalue weighted by molar-refractivity contribution is 5.29. The number of aryl methyl sites for hydroxylation is 1. The Morgan fingerprint density at radius 2 is 1.95 bits per heavy atom. The van der Waals surface area contributed by atoms with Crippen molar-refractivity contribution < 1.29 is 9.84 Å². The summed E-state index contributed by atoms with van der Waals surface area (Å²) in [7, 11) is 0. The lowest BCUT2D eigenvalue weighted by Crippen LogP contribution is -2.20. The predicted octanol–water partition coefficient (Wildman–Crippen LogP) is 2.32. The van der Waals surface area contributed by atoms with Crippen LogP contribution in [-0.2, 0) is 13.0 Å². The van der Waals surface area contributed by atoms with E-state index in [0.29, 0.717) is 29.4 Å². The van der Waals surface area contributed by atoms with Crippen molar-refractivity contribution >= 4 is 0 Å². The number of benzene rings is 1. The molecule has 0 spiro atoms. The molecule has 0 unspecified atom stereocenters. The van der Waals surface area contributed by atoms with Crippen molar-refractivity contribution in [1.29, 1.82) is 0 Å². The Hall–Kier alpha value is -2.14. The number of ether oxygens (including phenoxy) is 1. The number of nitrogens with one attached hydrogen (secondary N) is 1. The standard InChI is InChI=1S/C17H22N2O3/c1-11(2)13-4-6-14(7-5-13)22-10-16-18-12(3)15(8-9-20)17(21)19-16/h4-7,11,20H,8-10H2,1-3H3,(H,18,19,21). The first-order valence-corrected chi connectivity index (χ1v) is 7.43. The normalized spacial score (nSPS) is 11.0. The lowest BCUT2D eigenvalue weighted by atomic mass is 10.0. The van der Waals surface area contributed by atoms with Crippen LogP contribution in [0.4, 0.5) is 0 Å². The van der Waals surface area contributed by atoms with Gasteiger partial charge >= 0.3 is 0 Å². The molecule has 0 aliphatic carbocycles. The molecule has 118 valence electrons. The monoisotopic (exact) mass is 302 g/mol. The maximum atomic E-state index is 11.9. The summed E-state index contributed by atoms with van der Waals surface area (Å²) in [5.41, 5.74) is 2.19. The van der Waals surface area contributed by atoms with E-state index in [4.69, 9.17) is 9.84 Å². The Balaban J connectivity index is 2.07. The lowest BCUT2D eigenvalue weighted by Gasteiger charge is -2.10. The van der Waals surface area contributed by atoms with Gasteiger partial charge in [-0.05, 0) is 30.5 Å². The molecule has 0 fully saturated rings. The molecule has 5 nitrogen and oxygen atoms in total. The smallest absolute Gasteiger partial charge is 0.254 e. The highest BCUT2D eigenvalue weighted by Crippen LogP contribution is 2.19. The molecule has 0 aliphatic heterocycles. The zero-order valence-corrected chi connectivity index (χ0v) is 13.2. The van der Waals surface area contributed by atoms with Gasteiger partial charge in [-0.2, -0.15) is 0 Å². The van der Waals surface area contributed by atoms with Gasteiger partial charge in [0, 0.05) is 24.3 Å². The Morgan fingerprint density at radius 3 is 2.50 bits per heavy atom. The van der Waals surface area contributed by atoms with Crippen LogP contribution in [0.25, 0.3) is 0 Å². The summed E-state index contributed by atoms with van der Waals surface area (Å²) >= 11 is 0. The van der Waals surface area contributed by atoms with E-state index in [0.717, 1.165) is 5.75 Å². The average molecular weight is 302 g/mol. The summed E-state index contributed by atoms with van der Waals surface area (Å²) in [6, 6.07) is 7.90. The summed E-state index contributed by atoms with van der Waals surface area (Å²) in [5, 5.41) is 8.95. The van der Waals surface area contributed by atoms with Crippen LogP contribution in [0.2, 0.25) is 0 Å². The molecule has 2 aromatic rings. The van der Waals surface area contributed by atoms with E-state index >= 15 is 0 Å². The number of H-pyrrole nitrogens is 1. The minimum Gasteiger partial charge on any atom is -0.486 e. The van der Waals surface area contributed by atoms with Gasteiger partial charge in [0.1, 0.15) is 18.2 Å². The summed E-state index contributed by atoms with van der Waals surface area (Å²) in [4.78, 5) is 18.9. The Labute approximate surface area is 130 Å². The first kappa shape index (κ1) is 16.2. The van der Waals surface area contributed by atoms with Crippen molar-refractivity contribution in [2.24, 2.45) is 0 Å². The van der Waals surface area contributed by atoms with Crippen LogP contribution in [0.3, 0.4) is 0 Å². The van der Waals surface area contributed by atoms with Gasteiger partial charge in [0.05, 0.1) is 0 Å². The number of hydrogen-bond donors (Lipinski definition) is 2. The molecule has 22 heavy (non-hydrogen) atoms. The van der Waals surface area contributed by atoms with Gasteiger partial charge in [-0.3, -0.25) is 4.79 Å². The van der Waals surface area contributed by atoms with Gasteiger partial charge in [0.25, 0.3) is 5.56 Å². The van der Waals surface area contributed by atoms with E-state index in [9.17, 15) is 4.79 Å². The Morgan fingerprint density at radius 1 is 1.27 bits per heavy atom. The maximum absolute atomic E-state index is 11.9. The average Bonchev–Trinajstić information content (AvgIpc) is 2.49. The SMILES string of the molecule is Cc1nc(COc2ccc(C(C)C)cc2)[nH]c(=O)c1CCO. The molecule has 0 saturated heterocycles. The third-order valence-corrected chi connectivity index (χ3v) is 3.56. The highest BCUT2D eigenvalue weighted by atomic mass is 16.5. The van der Waals surface area contributed by atoms with E-state index in [1.807, 2.05) is 24.3 Å². The number of hydrogen-bond acceptors (Lipinski definition) is 4. The molecular formula is C17H22N2O3. The van der Waals surface area contributed by atoms with Crippen molar-refractivity contribution in [3.05, 3.63) is 57.3 Å². The van der Waals surface area contributed by atoms with Crippen LogP contribution < -0.4 is 10.3 Å². The zero-order valence-electron chi connectivity index (χ0n) is 13.2. The molecule has 0 bridgehead atoms. The van der Waals surface area contributed by atoms with Crippen molar-refractivity contribution in [3.63, 3.8) is 0 Å². The third-order valence-electron chi connectivity index (χ3n) is 3.56. The van der Waals surface area contributed by atoms with Crippen LogP contribution in [0.1, 0.15) is 42.4 Å². The molecule has 0 radical (unpaired) electrons. The molecule has 1 aromatic carbocycles. The molecule has 2 N–H and O–H groups in total. The second-order valence-electron chi connectivity index (χ2n) is 5.56. The van der Waals surface area contributed by atoms with Crippen LogP contribution >= 0.6 is 0 Å². The van der Waals surface area contributed by atoms with Crippen molar-refractivity contribution in [1.82, 2.24) is 9.97 Å². The number of aliphatic hydroxyl groups is 1. The van der Waals surface area contributed by atoms with Crippen LogP contribution in [0, 0.1) is 6.92 Å². The number of nitrogens with zero attached hydrogens (tertiary/aromatic N) is 1. The molecule has 0 atom stereocenters. The third kappa shape index (κ3) is 3.95. The lowest BCUT2D eigenvalue weighted by molar-refractivity contribution is 0.292. The second-order valence-corrected chi connectivity index (χ2v) is 5.56.